The number of β-amino-alcohol motifs (C(OH)–C–C–N with tert-alkyl or cyclic N) is 1. The summed E-state index contributed by atoms with van der Waals surface area (Å²) < 4.78 is 43.0. The first-order valence-electron chi connectivity index (χ1n) is 28.3. The van der Waals surface area contributed by atoms with Gasteiger partial charge in [0.2, 0.25) is 35.5 Å². The van der Waals surface area contributed by atoms with Gasteiger partial charge in [0.25, 0.3) is 5.91 Å². The maximum atomic E-state index is 14.8. The van der Waals surface area contributed by atoms with Gasteiger partial charge < -0.3 is 75.1 Å². The molecular weight excluding hydrogens is 1130 g/mol. The first kappa shape index (κ1) is 63.9. The summed E-state index contributed by atoms with van der Waals surface area (Å²) in [6.07, 6.45) is 1.47. The first-order chi connectivity index (χ1) is 41.3. The summed E-state index contributed by atoms with van der Waals surface area (Å²) in [4.78, 5) is 102. The van der Waals surface area contributed by atoms with Crippen LogP contribution in [-0.4, -0.2) is 182 Å². The lowest BCUT2D eigenvalue weighted by Crippen LogP contribution is -2.57. The number of carbonyl (C=O) groups is 6. The number of benzene rings is 3. The quantitative estimate of drug-likeness (QED) is 0.0290. The Morgan fingerprint density at radius 3 is 2.26 bits per heavy atom. The highest BCUT2D eigenvalue weighted by atomic mass is 32.1. The Kier molecular flexibility index (Phi) is 22.1. The molecule has 26 heteroatoms. The molecule has 3 aromatic heterocycles. The van der Waals surface area contributed by atoms with Crippen LogP contribution in [-0.2, 0) is 55.9 Å². The number of aliphatic hydroxyl groups excluding tert-OH is 1. The number of anilines is 5. The Bertz CT molecular complexity index is 3360. The van der Waals surface area contributed by atoms with Gasteiger partial charge in [-0.1, -0.05) is 51.1 Å². The predicted molar refractivity (Wildman–Crippen MR) is 321 cm³/mol. The summed E-state index contributed by atoms with van der Waals surface area (Å²) in [6.45, 7) is 9.63. The number of aliphatic hydroxyl groups is 1. The summed E-state index contributed by atoms with van der Waals surface area (Å²) in [5.41, 5.74) is 6.41. The lowest BCUT2D eigenvalue weighted by atomic mass is 9.85. The highest BCUT2D eigenvalue weighted by Crippen LogP contribution is 2.39. The molecule has 0 aliphatic carbocycles. The van der Waals surface area contributed by atoms with E-state index >= 15 is 0 Å². The van der Waals surface area contributed by atoms with E-state index in [1.54, 1.807) is 53.2 Å². The van der Waals surface area contributed by atoms with E-state index in [4.69, 9.17) is 23.7 Å². The van der Waals surface area contributed by atoms with Crippen LogP contribution in [0.5, 0.6) is 5.75 Å². The summed E-state index contributed by atoms with van der Waals surface area (Å²) >= 11 is 1.56. The van der Waals surface area contributed by atoms with Crippen molar-refractivity contribution in [2.24, 2.45) is 5.41 Å². The lowest BCUT2D eigenvalue weighted by Gasteiger charge is -2.35. The van der Waals surface area contributed by atoms with E-state index < -0.39 is 47.1 Å². The molecule has 6 aromatic rings. The van der Waals surface area contributed by atoms with Gasteiger partial charge in [-0.25, -0.2) is 9.37 Å². The van der Waals surface area contributed by atoms with Crippen LogP contribution in [0.1, 0.15) is 67.2 Å². The van der Waals surface area contributed by atoms with Crippen molar-refractivity contribution < 1.29 is 61.9 Å². The maximum absolute atomic E-state index is 14.8. The van der Waals surface area contributed by atoms with Gasteiger partial charge in [0.15, 0.2) is 0 Å². The van der Waals surface area contributed by atoms with E-state index in [0.717, 1.165) is 27.3 Å². The van der Waals surface area contributed by atoms with Crippen molar-refractivity contribution in [3.63, 3.8) is 0 Å². The van der Waals surface area contributed by atoms with Gasteiger partial charge in [-0.2, -0.15) is 9.97 Å². The molecule has 24 nitrogen and oxygen atoms in total. The molecule has 460 valence electrons. The number of aromatic nitrogens is 4. The zero-order valence-electron chi connectivity index (χ0n) is 49.4. The Morgan fingerprint density at radius 1 is 0.895 bits per heavy atom. The molecule has 7 N–H and O–H groups in total. The van der Waals surface area contributed by atoms with Crippen LogP contribution < -0.4 is 36.2 Å². The second-order valence-electron chi connectivity index (χ2n) is 21.7. The second-order valence-corrected chi connectivity index (χ2v) is 22.6. The molecule has 2 aliphatic heterocycles. The van der Waals surface area contributed by atoms with Crippen LogP contribution in [0, 0.1) is 18.2 Å². The molecule has 3 atom stereocenters. The molecule has 1 saturated heterocycles. The molecule has 0 bridgehead atoms. The SMILES string of the molecule is CNC(=O)c1c(F)cccc1Nc1nc(Nc2cc3c(cc2OC)CCN3C(=O)CN(C)C(=O)CCOCCOCCOCCOCCC(=O)N[C@H](C(=O)N2C[C@H](O)C[C@H]2C(=O)NCc2ccc(-c3scnc3C)cc2)C(C)(C)C)nc2[nH]ccc12. The molecule has 86 heavy (non-hydrogen) atoms. The third-order valence-corrected chi connectivity index (χ3v) is 15.5. The maximum Gasteiger partial charge on any atom is 0.256 e. The van der Waals surface area contributed by atoms with Crippen LogP contribution in [0.3, 0.4) is 0 Å². The third-order valence-electron chi connectivity index (χ3n) is 14.5. The first-order valence-corrected chi connectivity index (χ1v) is 29.2. The molecule has 0 unspecified atom stereocenters. The Balaban J connectivity index is 0.685. The van der Waals surface area contributed by atoms with E-state index in [-0.39, 0.29) is 127 Å². The number of ether oxygens (including phenoxy) is 5. The molecule has 8 rings (SSSR count). The summed E-state index contributed by atoms with van der Waals surface area (Å²) in [7, 11) is 4.50. The van der Waals surface area contributed by atoms with Crippen molar-refractivity contribution in [3.05, 3.63) is 101 Å². The van der Waals surface area contributed by atoms with Gasteiger partial charge in [0, 0.05) is 58.5 Å². The summed E-state index contributed by atoms with van der Waals surface area (Å²) in [5.74, 6) is -2.19. The van der Waals surface area contributed by atoms with E-state index in [1.165, 1.54) is 36.1 Å². The van der Waals surface area contributed by atoms with Crippen LogP contribution in [0.2, 0.25) is 0 Å². The fourth-order valence-electron chi connectivity index (χ4n) is 9.93. The van der Waals surface area contributed by atoms with E-state index in [1.807, 2.05) is 58.0 Å². The summed E-state index contributed by atoms with van der Waals surface area (Å²) in [6, 6.07) is 15.6. The zero-order chi connectivity index (χ0) is 61.5. The second kappa shape index (κ2) is 29.8. The molecule has 5 heterocycles. The zero-order valence-corrected chi connectivity index (χ0v) is 50.2. The number of fused-ring (bicyclic) bond motifs is 2. The number of nitrogens with zero attached hydrogens (tertiary/aromatic N) is 6. The monoisotopic (exact) mass is 1210 g/mol. The minimum absolute atomic E-state index is 0.0128. The predicted octanol–water partition coefficient (Wildman–Crippen LogP) is 5.39. The van der Waals surface area contributed by atoms with Crippen molar-refractivity contribution in [2.45, 2.75) is 78.1 Å². The number of likely N-dealkylation sites (N-methyl/N-ethyl adjacent to an activating group) is 1. The van der Waals surface area contributed by atoms with Crippen LogP contribution >= 0.6 is 11.3 Å². The number of aryl methyl sites for hydroxylation is 1. The average molecular weight is 1210 g/mol. The minimum Gasteiger partial charge on any atom is -0.495 e. The summed E-state index contributed by atoms with van der Waals surface area (Å²) in [5, 5.41) is 25.7. The molecule has 1 fully saturated rings. The van der Waals surface area contributed by atoms with Crippen molar-refractivity contribution in [2.75, 3.05) is 109 Å². The number of methoxy groups -OCH3 is 1. The fourth-order valence-corrected chi connectivity index (χ4v) is 10.7. The van der Waals surface area contributed by atoms with Gasteiger partial charge in [0.05, 0.1) is 117 Å². The fraction of sp³-hybridized carbons (Fsp3) is 0.450. The van der Waals surface area contributed by atoms with E-state index in [2.05, 4.69) is 46.5 Å². The highest BCUT2D eigenvalue weighted by molar-refractivity contribution is 7.13. The number of rotatable bonds is 29. The van der Waals surface area contributed by atoms with Gasteiger partial charge >= 0.3 is 0 Å². The number of hydrogen-bond donors (Lipinski definition) is 7. The third kappa shape index (κ3) is 16.4. The standard InChI is InChI=1S/C60H75FN12O12S/c1-36-52(86-35-65-36)38-13-11-37(12-14-38)32-64-56(78)46-30-40(74)33-73(46)58(80)53(60(2,3)4)68-48(75)17-21-82-23-25-84-27-28-85-26-24-83-22-18-49(76)71(6)34-50(77)72-20-16-39-29-47(81-7)44(31-45(39)72)67-59-69-54-41(15-19-63-54)55(70-59)66-43-10-8-9-42(61)51(43)57(79)62-5/h8-15,19,29,31,35,40,46,53,74H,16-18,20-28,30,32-34H2,1-7H3,(H,62,79)(H,64,78)(H,68,75)(H3,63,66,67,69,70)/t40-,46+,53-/m1/s1. The topological polar surface area (TPSA) is 293 Å². The number of carbonyl (C=O) groups excluding carboxylic acids is 6. The van der Waals surface area contributed by atoms with Crippen molar-refractivity contribution >= 4 is 86.6 Å². The van der Waals surface area contributed by atoms with Gasteiger partial charge in [0.1, 0.15) is 35.1 Å². The number of aromatic amines is 1. The molecule has 0 radical (unpaired) electrons. The number of nitrogens with one attached hydrogen (secondary N) is 6. The van der Waals surface area contributed by atoms with E-state index in [0.29, 0.717) is 46.9 Å². The lowest BCUT2D eigenvalue weighted by molar-refractivity contribution is -0.144. The Morgan fingerprint density at radius 2 is 1.59 bits per heavy atom. The van der Waals surface area contributed by atoms with Gasteiger partial charge in [-0.3, -0.25) is 28.8 Å². The van der Waals surface area contributed by atoms with Crippen LogP contribution in [0.15, 0.2) is 72.4 Å². The smallest absolute Gasteiger partial charge is 0.256 e. The highest BCUT2D eigenvalue weighted by Gasteiger charge is 2.44. The molecular formula is C60H75FN12O12S. The number of hydrogen-bond acceptors (Lipinski definition) is 18. The number of amides is 6. The van der Waals surface area contributed by atoms with Crippen molar-refractivity contribution in [1.82, 2.24) is 45.7 Å². The van der Waals surface area contributed by atoms with Gasteiger partial charge in [-0.15, -0.1) is 11.3 Å². The minimum atomic E-state index is -0.963. The van der Waals surface area contributed by atoms with Crippen LogP contribution in [0.25, 0.3) is 21.5 Å². The largest absolute Gasteiger partial charge is 0.495 e. The molecule has 2 aliphatic rings. The van der Waals surface area contributed by atoms with Crippen molar-refractivity contribution in [1.29, 1.82) is 0 Å². The Hall–Kier alpha value is -8.14. The number of likely N-dealkylation sites (tertiary alicyclic amines) is 1. The molecule has 3 aromatic carbocycles. The molecule has 0 spiro atoms. The number of thiazole rings is 1. The molecule has 0 saturated carbocycles. The number of H-pyrrole nitrogens is 1. The Labute approximate surface area is 501 Å². The average Bonchev–Trinajstić information content (AvgIpc) is 2.11. The van der Waals surface area contributed by atoms with E-state index in [9.17, 15) is 38.3 Å². The normalized spacial score (nSPS) is 15.1. The van der Waals surface area contributed by atoms with Crippen molar-refractivity contribution in [3.8, 4) is 16.2 Å². The number of halogens is 1. The van der Waals surface area contributed by atoms with Gasteiger partial charge in [-0.05, 0) is 65.8 Å². The van der Waals surface area contributed by atoms with Crippen LogP contribution in [0.4, 0.5) is 33.2 Å². The molecule has 6 amide bonds.